The van der Waals surface area contributed by atoms with E-state index in [4.69, 9.17) is 0 Å². The van der Waals surface area contributed by atoms with Crippen LogP contribution in [-0.4, -0.2) is 35.9 Å². The largest absolute Gasteiger partial charge is 0.435 e. The van der Waals surface area contributed by atoms with Gasteiger partial charge in [0.15, 0.2) is 0 Å². The highest BCUT2D eigenvalue weighted by molar-refractivity contribution is 5.93. The van der Waals surface area contributed by atoms with Crippen molar-refractivity contribution in [3.63, 3.8) is 0 Å². The van der Waals surface area contributed by atoms with Gasteiger partial charge in [-0.15, -0.1) is 0 Å². The quantitative estimate of drug-likeness (QED) is 0.560. The number of halogens is 2. The Morgan fingerprint density at radius 3 is 2.52 bits per heavy atom. The van der Waals surface area contributed by atoms with Crippen LogP contribution in [0.25, 0.3) is 0 Å². The van der Waals surface area contributed by atoms with Gasteiger partial charge in [0.25, 0.3) is 5.69 Å². The number of rotatable bonds is 8. The summed E-state index contributed by atoms with van der Waals surface area (Å²) in [6.07, 6.45) is 0. The lowest BCUT2D eigenvalue weighted by Crippen LogP contribution is -2.30. The van der Waals surface area contributed by atoms with E-state index in [1.807, 2.05) is 0 Å². The number of aryl methyl sites for hydroxylation is 1. The van der Waals surface area contributed by atoms with Crippen molar-refractivity contribution in [3.8, 4) is 5.75 Å². The van der Waals surface area contributed by atoms with Crippen molar-refractivity contribution in [1.29, 1.82) is 0 Å². The van der Waals surface area contributed by atoms with Crippen LogP contribution in [0.3, 0.4) is 0 Å². The molecule has 2 aromatic carbocycles. The predicted molar refractivity (Wildman–Crippen MR) is 95.9 cm³/mol. The molecule has 2 aromatic rings. The third kappa shape index (κ3) is 6.30. The second-order valence-electron chi connectivity index (χ2n) is 6.00. The number of nitrogens with zero attached hydrogens (tertiary/aromatic N) is 2. The minimum absolute atomic E-state index is 0.0530. The summed E-state index contributed by atoms with van der Waals surface area (Å²) in [5.74, 6) is -0.256. The van der Waals surface area contributed by atoms with Crippen LogP contribution in [0.1, 0.15) is 11.1 Å². The number of amides is 1. The molecule has 144 valence electrons. The number of alkyl halides is 2. The molecule has 0 aliphatic carbocycles. The number of benzene rings is 2. The van der Waals surface area contributed by atoms with Crippen LogP contribution in [0.2, 0.25) is 0 Å². The molecule has 0 bridgehead atoms. The zero-order chi connectivity index (χ0) is 20.0. The fourth-order valence-electron chi connectivity index (χ4n) is 2.44. The molecule has 0 saturated carbocycles. The summed E-state index contributed by atoms with van der Waals surface area (Å²) < 4.78 is 28.6. The lowest BCUT2D eigenvalue weighted by molar-refractivity contribution is -0.384. The zero-order valence-electron chi connectivity index (χ0n) is 14.8. The van der Waals surface area contributed by atoms with E-state index in [1.165, 1.54) is 24.3 Å². The third-order valence-corrected chi connectivity index (χ3v) is 3.72. The maximum atomic E-state index is 12.2. The smallest absolute Gasteiger partial charge is 0.387 e. The molecule has 0 spiro atoms. The Kier molecular flexibility index (Phi) is 6.78. The average Bonchev–Trinajstić information content (AvgIpc) is 2.57. The molecule has 0 saturated heterocycles. The Morgan fingerprint density at radius 2 is 1.93 bits per heavy atom. The Hall–Kier alpha value is -3.07. The standard InChI is InChI=1S/C18H19F2N3O4/c1-12-3-6-14(23(25)26)9-16(12)21-17(24)11-22(2)10-13-4-7-15(8-5-13)27-18(19)20/h3-9,18H,10-11H2,1-2H3,(H,21,24). The van der Waals surface area contributed by atoms with Crippen molar-refractivity contribution in [2.24, 2.45) is 0 Å². The van der Waals surface area contributed by atoms with Gasteiger partial charge >= 0.3 is 6.61 Å². The van der Waals surface area contributed by atoms with E-state index in [0.717, 1.165) is 5.56 Å². The number of ether oxygens (including phenoxy) is 1. The molecule has 9 heteroatoms. The molecule has 2 rings (SSSR count). The SMILES string of the molecule is Cc1ccc([N+](=O)[O-])cc1NC(=O)CN(C)Cc1ccc(OC(F)F)cc1. The number of anilines is 1. The number of hydrogen-bond donors (Lipinski definition) is 1. The lowest BCUT2D eigenvalue weighted by atomic mass is 10.2. The third-order valence-electron chi connectivity index (χ3n) is 3.72. The van der Waals surface area contributed by atoms with Crippen molar-refractivity contribution in [1.82, 2.24) is 4.90 Å². The Bertz CT molecular complexity index is 813. The molecule has 0 heterocycles. The van der Waals surface area contributed by atoms with Crippen molar-refractivity contribution >= 4 is 17.3 Å². The predicted octanol–water partition coefficient (Wildman–Crippen LogP) is 3.58. The van der Waals surface area contributed by atoms with Gasteiger partial charge in [0, 0.05) is 18.7 Å². The molecule has 0 unspecified atom stereocenters. The normalized spacial score (nSPS) is 10.9. The van der Waals surface area contributed by atoms with Gasteiger partial charge in [0.2, 0.25) is 5.91 Å². The van der Waals surface area contributed by atoms with E-state index in [1.54, 1.807) is 37.1 Å². The number of nitrogens with one attached hydrogen (secondary N) is 1. The highest BCUT2D eigenvalue weighted by Crippen LogP contribution is 2.22. The maximum Gasteiger partial charge on any atom is 0.387 e. The molecule has 1 amide bonds. The number of non-ortho nitro benzene ring substituents is 1. The molecular weight excluding hydrogens is 360 g/mol. The van der Waals surface area contributed by atoms with Gasteiger partial charge in [-0.2, -0.15) is 8.78 Å². The molecule has 27 heavy (non-hydrogen) atoms. The average molecular weight is 379 g/mol. The lowest BCUT2D eigenvalue weighted by Gasteiger charge is -2.17. The van der Waals surface area contributed by atoms with Gasteiger partial charge in [0.1, 0.15) is 5.75 Å². The summed E-state index contributed by atoms with van der Waals surface area (Å²) in [5, 5.41) is 13.5. The van der Waals surface area contributed by atoms with E-state index in [2.05, 4.69) is 10.1 Å². The van der Waals surface area contributed by atoms with Gasteiger partial charge in [-0.25, -0.2) is 0 Å². The minimum atomic E-state index is -2.88. The molecule has 0 radical (unpaired) electrons. The molecule has 0 aromatic heterocycles. The topological polar surface area (TPSA) is 84.7 Å². The highest BCUT2D eigenvalue weighted by Gasteiger charge is 2.13. The first-order chi connectivity index (χ1) is 12.7. The van der Waals surface area contributed by atoms with Crippen LogP contribution < -0.4 is 10.1 Å². The zero-order valence-corrected chi connectivity index (χ0v) is 14.8. The molecule has 0 aliphatic rings. The van der Waals surface area contributed by atoms with Crippen molar-refractivity contribution in [2.75, 3.05) is 18.9 Å². The molecule has 0 fully saturated rings. The van der Waals surface area contributed by atoms with E-state index >= 15 is 0 Å². The van der Waals surface area contributed by atoms with Crippen molar-refractivity contribution in [3.05, 3.63) is 63.7 Å². The minimum Gasteiger partial charge on any atom is -0.435 e. The van der Waals surface area contributed by atoms with Gasteiger partial charge in [-0.1, -0.05) is 18.2 Å². The number of carbonyl (C=O) groups is 1. The molecule has 0 aliphatic heterocycles. The van der Waals surface area contributed by atoms with Crippen LogP contribution in [0.15, 0.2) is 42.5 Å². The van der Waals surface area contributed by atoms with Crippen LogP contribution in [-0.2, 0) is 11.3 Å². The number of nitro groups is 1. The van der Waals surface area contributed by atoms with Crippen molar-refractivity contribution in [2.45, 2.75) is 20.1 Å². The second kappa shape index (κ2) is 9.04. The fourth-order valence-corrected chi connectivity index (χ4v) is 2.44. The van der Waals surface area contributed by atoms with Gasteiger partial charge in [0.05, 0.1) is 17.2 Å². The summed E-state index contributed by atoms with van der Waals surface area (Å²) in [4.78, 5) is 24.2. The molecule has 1 N–H and O–H groups in total. The van der Waals surface area contributed by atoms with Gasteiger partial charge in [-0.3, -0.25) is 19.8 Å². The number of likely N-dealkylation sites (N-methyl/N-ethyl adjacent to an activating group) is 1. The van der Waals surface area contributed by atoms with Crippen LogP contribution in [0.5, 0.6) is 5.75 Å². The van der Waals surface area contributed by atoms with E-state index in [-0.39, 0.29) is 23.9 Å². The monoisotopic (exact) mass is 379 g/mol. The summed E-state index contributed by atoms with van der Waals surface area (Å²) >= 11 is 0. The number of hydrogen-bond acceptors (Lipinski definition) is 5. The number of carbonyl (C=O) groups excluding carboxylic acids is 1. The van der Waals surface area contributed by atoms with Crippen LogP contribution in [0.4, 0.5) is 20.2 Å². The summed E-state index contributed by atoms with van der Waals surface area (Å²) in [7, 11) is 1.73. The Balaban J connectivity index is 1.92. The maximum absolute atomic E-state index is 12.2. The Morgan fingerprint density at radius 1 is 1.26 bits per heavy atom. The second-order valence-corrected chi connectivity index (χ2v) is 6.00. The van der Waals surface area contributed by atoms with E-state index in [9.17, 15) is 23.7 Å². The first kappa shape index (κ1) is 20.2. The molecular formula is C18H19F2N3O4. The van der Waals surface area contributed by atoms with E-state index in [0.29, 0.717) is 17.8 Å². The first-order valence-corrected chi connectivity index (χ1v) is 8.02. The van der Waals surface area contributed by atoms with E-state index < -0.39 is 11.5 Å². The van der Waals surface area contributed by atoms with Crippen molar-refractivity contribution < 1.29 is 23.2 Å². The van der Waals surface area contributed by atoms with Gasteiger partial charge < -0.3 is 10.1 Å². The summed E-state index contributed by atoms with van der Waals surface area (Å²) in [6.45, 7) is -0.667. The van der Waals surface area contributed by atoms with Gasteiger partial charge in [-0.05, 0) is 37.2 Å². The highest BCUT2D eigenvalue weighted by atomic mass is 19.3. The van der Waals surface area contributed by atoms with Crippen LogP contribution >= 0.6 is 0 Å². The Labute approximate surface area is 154 Å². The first-order valence-electron chi connectivity index (χ1n) is 8.02. The fraction of sp³-hybridized carbons (Fsp3) is 0.278. The molecule has 0 atom stereocenters. The molecule has 7 nitrogen and oxygen atoms in total. The summed E-state index contributed by atoms with van der Waals surface area (Å²) in [5.41, 5.74) is 1.82. The summed E-state index contributed by atoms with van der Waals surface area (Å²) in [6, 6.07) is 10.4. The van der Waals surface area contributed by atoms with Crippen LogP contribution in [0, 0.1) is 17.0 Å². The number of nitro benzene ring substituents is 1.